The Morgan fingerprint density at radius 1 is 1.25 bits per heavy atom. The number of aromatic amines is 1. The second-order valence-electron chi connectivity index (χ2n) is 5.99. The summed E-state index contributed by atoms with van der Waals surface area (Å²) in [5.41, 5.74) is 1.29. The molecular formula is C19H21N5O4. The number of nitrogens with zero attached hydrogens (tertiary/aromatic N) is 3. The maximum atomic E-state index is 12.9. The van der Waals surface area contributed by atoms with Crippen molar-refractivity contribution in [2.24, 2.45) is 0 Å². The Labute approximate surface area is 161 Å². The van der Waals surface area contributed by atoms with Gasteiger partial charge in [0.25, 0.3) is 11.5 Å². The number of ether oxygens (including phenoxy) is 2. The fourth-order valence-electron chi connectivity index (χ4n) is 2.77. The van der Waals surface area contributed by atoms with Crippen molar-refractivity contribution in [3.63, 3.8) is 0 Å². The van der Waals surface area contributed by atoms with Crippen LogP contribution < -0.4 is 20.3 Å². The van der Waals surface area contributed by atoms with Crippen LogP contribution in [0.3, 0.4) is 0 Å². The highest BCUT2D eigenvalue weighted by atomic mass is 16.5. The Balaban J connectivity index is 2.00. The third-order valence-electron chi connectivity index (χ3n) is 4.07. The van der Waals surface area contributed by atoms with Crippen LogP contribution in [0.25, 0.3) is 5.95 Å². The first-order valence-electron chi connectivity index (χ1n) is 8.66. The first-order chi connectivity index (χ1) is 13.5. The molecule has 0 aliphatic carbocycles. The van der Waals surface area contributed by atoms with Crippen molar-refractivity contribution in [1.29, 1.82) is 0 Å². The SMILES string of the molecule is CCc1cc(=O)[nH]c(-n2nc(C)cc2NC(=O)c2cccc(OC)c2OC)n1. The lowest BCUT2D eigenvalue weighted by atomic mass is 10.1. The van der Waals surface area contributed by atoms with Crippen molar-refractivity contribution in [3.05, 3.63) is 57.6 Å². The highest BCUT2D eigenvalue weighted by molar-refractivity contribution is 6.06. The van der Waals surface area contributed by atoms with Crippen molar-refractivity contribution >= 4 is 11.7 Å². The number of methoxy groups -OCH3 is 2. The van der Waals surface area contributed by atoms with Gasteiger partial charge >= 0.3 is 0 Å². The molecule has 0 fully saturated rings. The van der Waals surface area contributed by atoms with Crippen molar-refractivity contribution in [2.75, 3.05) is 19.5 Å². The Kier molecular flexibility index (Phi) is 5.44. The minimum atomic E-state index is -0.411. The molecule has 0 bridgehead atoms. The minimum absolute atomic E-state index is 0.227. The number of H-pyrrole nitrogens is 1. The van der Waals surface area contributed by atoms with Crippen LogP contribution in [-0.2, 0) is 6.42 Å². The van der Waals surface area contributed by atoms with Crippen LogP contribution in [-0.4, -0.2) is 39.9 Å². The minimum Gasteiger partial charge on any atom is -0.493 e. The van der Waals surface area contributed by atoms with Gasteiger partial charge in [-0.2, -0.15) is 9.78 Å². The standard InChI is InChI=1S/C19H21N5O4/c1-5-12-10-16(25)22-19(20-12)24-15(9-11(2)23-24)21-18(26)13-7-6-8-14(27-3)17(13)28-4/h6-10H,5H2,1-4H3,(H,21,26)(H,20,22,25). The number of rotatable bonds is 6. The lowest BCUT2D eigenvalue weighted by molar-refractivity contribution is 0.102. The molecule has 2 aromatic heterocycles. The van der Waals surface area contributed by atoms with Crippen LogP contribution in [0, 0.1) is 6.92 Å². The number of benzene rings is 1. The van der Waals surface area contributed by atoms with Crippen LogP contribution in [0.4, 0.5) is 5.82 Å². The molecule has 0 saturated carbocycles. The normalized spacial score (nSPS) is 10.6. The molecule has 3 aromatic rings. The van der Waals surface area contributed by atoms with Crippen LogP contribution in [0.15, 0.2) is 35.1 Å². The van der Waals surface area contributed by atoms with Crippen LogP contribution >= 0.6 is 0 Å². The molecule has 0 aliphatic heterocycles. The van der Waals surface area contributed by atoms with E-state index in [4.69, 9.17) is 9.47 Å². The summed E-state index contributed by atoms with van der Waals surface area (Å²) >= 11 is 0. The number of para-hydroxylation sites is 1. The van der Waals surface area contributed by atoms with Crippen LogP contribution in [0.5, 0.6) is 11.5 Å². The fraction of sp³-hybridized carbons (Fsp3) is 0.263. The van der Waals surface area contributed by atoms with Gasteiger partial charge in [0.15, 0.2) is 11.5 Å². The number of hydrogen-bond acceptors (Lipinski definition) is 6. The number of anilines is 1. The van der Waals surface area contributed by atoms with Gasteiger partial charge in [-0.1, -0.05) is 13.0 Å². The van der Waals surface area contributed by atoms with Crippen LogP contribution in [0.1, 0.15) is 28.7 Å². The average molecular weight is 383 g/mol. The van der Waals surface area contributed by atoms with E-state index >= 15 is 0 Å². The number of amides is 1. The summed E-state index contributed by atoms with van der Waals surface area (Å²) in [5, 5.41) is 7.13. The van der Waals surface area contributed by atoms with Gasteiger partial charge in [-0.15, -0.1) is 0 Å². The largest absolute Gasteiger partial charge is 0.493 e. The van der Waals surface area contributed by atoms with E-state index in [1.807, 2.05) is 6.92 Å². The summed E-state index contributed by atoms with van der Waals surface area (Å²) in [6.45, 7) is 3.68. The van der Waals surface area contributed by atoms with Crippen LogP contribution in [0.2, 0.25) is 0 Å². The highest BCUT2D eigenvalue weighted by Gasteiger charge is 2.19. The Bertz CT molecular complexity index is 1070. The monoisotopic (exact) mass is 383 g/mol. The van der Waals surface area contributed by atoms with E-state index in [0.29, 0.717) is 40.7 Å². The number of carbonyl (C=O) groups is 1. The van der Waals surface area contributed by atoms with E-state index < -0.39 is 5.91 Å². The molecule has 0 saturated heterocycles. The Hall–Kier alpha value is -3.62. The van der Waals surface area contributed by atoms with E-state index in [2.05, 4.69) is 20.4 Å². The Morgan fingerprint density at radius 3 is 2.71 bits per heavy atom. The summed E-state index contributed by atoms with van der Waals surface area (Å²) < 4.78 is 12.0. The summed E-state index contributed by atoms with van der Waals surface area (Å²) in [4.78, 5) is 31.8. The second-order valence-corrected chi connectivity index (χ2v) is 5.99. The molecule has 9 heteroatoms. The Morgan fingerprint density at radius 2 is 2.04 bits per heavy atom. The maximum Gasteiger partial charge on any atom is 0.260 e. The average Bonchev–Trinajstić information content (AvgIpc) is 3.06. The van der Waals surface area contributed by atoms with Gasteiger partial charge in [-0.05, 0) is 25.5 Å². The molecule has 0 unspecified atom stereocenters. The first-order valence-corrected chi connectivity index (χ1v) is 8.66. The predicted molar refractivity (Wildman–Crippen MR) is 104 cm³/mol. The molecule has 0 aliphatic rings. The van der Waals surface area contributed by atoms with Crippen molar-refractivity contribution < 1.29 is 14.3 Å². The molecule has 0 radical (unpaired) electrons. The number of carbonyl (C=O) groups excluding carboxylic acids is 1. The zero-order valence-electron chi connectivity index (χ0n) is 16.1. The summed E-state index contributed by atoms with van der Waals surface area (Å²) in [6, 6.07) is 8.14. The van der Waals surface area contributed by atoms with Gasteiger partial charge in [0.05, 0.1) is 25.5 Å². The summed E-state index contributed by atoms with van der Waals surface area (Å²) in [5.74, 6) is 0.950. The molecule has 28 heavy (non-hydrogen) atoms. The fourth-order valence-corrected chi connectivity index (χ4v) is 2.77. The maximum absolute atomic E-state index is 12.9. The molecule has 2 heterocycles. The second kappa shape index (κ2) is 7.95. The molecule has 1 aromatic carbocycles. The van der Waals surface area contributed by atoms with Gasteiger partial charge in [0.1, 0.15) is 5.82 Å². The van der Waals surface area contributed by atoms with Gasteiger partial charge in [-0.25, -0.2) is 4.98 Å². The number of aromatic nitrogens is 4. The lowest BCUT2D eigenvalue weighted by Gasteiger charge is -2.13. The molecule has 1 amide bonds. The first kappa shape index (κ1) is 19.2. The zero-order valence-corrected chi connectivity index (χ0v) is 16.1. The van der Waals surface area contributed by atoms with E-state index in [1.54, 1.807) is 31.2 Å². The predicted octanol–water partition coefficient (Wildman–Crippen LogP) is 2.10. The van der Waals surface area contributed by atoms with Gasteiger partial charge in [0.2, 0.25) is 5.95 Å². The molecule has 3 rings (SSSR count). The topological polar surface area (TPSA) is 111 Å². The van der Waals surface area contributed by atoms with Crippen molar-refractivity contribution in [3.8, 4) is 17.4 Å². The van der Waals surface area contributed by atoms with Crippen molar-refractivity contribution in [1.82, 2.24) is 19.7 Å². The van der Waals surface area contributed by atoms with E-state index in [1.165, 1.54) is 25.0 Å². The quantitative estimate of drug-likeness (QED) is 0.674. The lowest BCUT2D eigenvalue weighted by Crippen LogP contribution is -2.19. The highest BCUT2D eigenvalue weighted by Crippen LogP contribution is 2.31. The smallest absolute Gasteiger partial charge is 0.260 e. The molecule has 146 valence electrons. The number of aryl methyl sites for hydroxylation is 2. The number of nitrogens with one attached hydrogen (secondary N) is 2. The number of hydrogen-bond donors (Lipinski definition) is 2. The third kappa shape index (κ3) is 3.73. The molecule has 0 spiro atoms. The van der Waals surface area contributed by atoms with E-state index in [9.17, 15) is 9.59 Å². The van der Waals surface area contributed by atoms with Crippen molar-refractivity contribution in [2.45, 2.75) is 20.3 Å². The molecule has 2 N–H and O–H groups in total. The van der Waals surface area contributed by atoms with Gasteiger partial charge in [-0.3, -0.25) is 14.6 Å². The summed E-state index contributed by atoms with van der Waals surface area (Å²) in [7, 11) is 2.97. The molecule has 0 atom stereocenters. The van der Waals surface area contributed by atoms with E-state index in [0.717, 1.165) is 0 Å². The van der Waals surface area contributed by atoms with Gasteiger partial charge in [0, 0.05) is 17.8 Å². The third-order valence-corrected chi connectivity index (χ3v) is 4.07. The van der Waals surface area contributed by atoms with E-state index in [-0.39, 0.29) is 11.5 Å². The molecular weight excluding hydrogens is 362 g/mol. The summed E-state index contributed by atoms with van der Waals surface area (Å²) in [6.07, 6.45) is 0.597. The zero-order chi connectivity index (χ0) is 20.3. The molecule has 9 nitrogen and oxygen atoms in total. The van der Waals surface area contributed by atoms with Gasteiger partial charge < -0.3 is 14.8 Å².